The molecule has 0 aliphatic rings. The van der Waals surface area contributed by atoms with Crippen LogP contribution in [0.2, 0.25) is 0 Å². The minimum Gasteiger partial charge on any atom is -0.357 e. The summed E-state index contributed by atoms with van der Waals surface area (Å²) in [6, 6.07) is 4.10. The zero-order valence-corrected chi connectivity index (χ0v) is 17.3. The molecule has 0 aliphatic heterocycles. The normalized spacial score (nSPS) is 12.2. The highest BCUT2D eigenvalue weighted by Gasteiger charge is 2.11. The molecule has 0 saturated heterocycles. The number of benzene rings is 1. The van der Waals surface area contributed by atoms with Crippen molar-refractivity contribution in [3.05, 3.63) is 47.3 Å². The zero-order valence-electron chi connectivity index (χ0n) is 16.4. The van der Waals surface area contributed by atoms with Crippen LogP contribution in [0.15, 0.2) is 29.5 Å². The van der Waals surface area contributed by atoms with E-state index >= 15 is 0 Å². The summed E-state index contributed by atoms with van der Waals surface area (Å²) < 4.78 is 38.8. The Morgan fingerprint density at radius 2 is 2.04 bits per heavy atom. The summed E-state index contributed by atoms with van der Waals surface area (Å²) in [7, 11) is -3.22. The van der Waals surface area contributed by atoms with Crippen LogP contribution >= 0.6 is 0 Å². The minimum atomic E-state index is -3.22. The number of aliphatic imine (C=N–C) groups is 1. The predicted octanol–water partition coefficient (Wildman–Crippen LogP) is 1.28. The third-order valence-electron chi connectivity index (χ3n) is 3.99. The fourth-order valence-electron chi connectivity index (χ4n) is 2.71. The van der Waals surface area contributed by atoms with Crippen LogP contribution in [0.1, 0.15) is 30.8 Å². The highest BCUT2D eigenvalue weighted by atomic mass is 32.2. The second kappa shape index (κ2) is 10.2. The number of nitrogens with one attached hydrogen (secondary N) is 2. The standard InChI is InChI=1S/C18H27FN6O2S/c1-4-17-24-23-13-25(17)9-8-21-18(20-5-2)22-11-15-10-16(19)7-6-14(15)12-28(3,26)27/h6-7,10,13H,4-5,8-9,11-12H2,1-3H3,(H2,20,21,22). The fourth-order valence-corrected chi connectivity index (χ4v) is 3.55. The number of guanidine groups is 1. The molecule has 0 fully saturated rings. The van der Waals surface area contributed by atoms with Gasteiger partial charge in [0.1, 0.15) is 18.0 Å². The third-order valence-corrected chi connectivity index (χ3v) is 4.83. The number of rotatable bonds is 9. The van der Waals surface area contributed by atoms with Crippen LogP contribution in [0.3, 0.4) is 0 Å². The van der Waals surface area contributed by atoms with Gasteiger partial charge in [-0.25, -0.2) is 17.8 Å². The first-order chi connectivity index (χ1) is 13.3. The highest BCUT2D eigenvalue weighted by molar-refractivity contribution is 7.89. The largest absolute Gasteiger partial charge is 0.357 e. The van der Waals surface area contributed by atoms with Crippen molar-refractivity contribution in [2.24, 2.45) is 4.99 Å². The molecule has 1 aromatic heterocycles. The van der Waals surface area contributed by atoms with E-state index in [1.807, 2.05) is 18.4 Å². The molecule has 2 rings (SSSR count). The smallest absolute Gasteiger partial charge is 0.191 e. The average Bonchev–Trinajstić information content (AvgIpc) is 3.08. The van der Waals surface area contributed by atoms with E-state index in [0.717, 1.165) is 18.5 Å². The van der Waals surface area contributed by atoms with Crippen molar-refractivity contribution < 1.29 is 12.8 Å². The number of hydrogen-bond donors (Lipinski definition) is 2. The molecule has 0 atom stereocenters. The number of sulfone groups is 1. The lowest BCUT2D eigenvalue weighted by atomic mass is 10.1. The molecule has 0 amide bonds. The van der Waals surface area contributed by atoms with Gasteiger partial charge in [-0.15, -0.1) is 10.2 Å². The van der Waals surface area contributed by atoms with E-state index in [2.05, 4.69) is 25.8 Å². The number of aryl methyl sites for hydroxylation is 1. The SMILES string of the molecule is CCNC(=NCc1cc(F)ccc1CS(C)(=O)=O)NCCn1cnnc1CC. The molecule has 2 N–H and O–H groups in total. The first-order valence-electron chi connectivity index (χ1n) is 9.16. The van der Waals surface area contributed by atoms with Crippen LogP contribution in [0.25, 0.3) is 0 Å². The van der Waals surface area contributed by atoms with Gasteiger partial charge in [-0.1, -0.05) is 13.0 Å². The van der Waals surface area contributed by atoms with Crippen LogP contribution in [0.5, 0.6) is 0 Å². The lowest BCUT2D eigenvalue weighted by Gasteiger charge is -2.13. The minimum absolute atomic E-state index is 0.143. The first-order valence-corrected chi connectivity index (χ1v) is 11.2. The van der Waals surface area contributed by atoms with Crippen LogP contribution < -0.4 is 10.6 Å². The van der Waals surface area contributed by atoms with Crippen molar-refractivity contribution in [3.63, 3.8) is 0 Å². The number of nitrogens with zero attached hydrogens (tertiary/aromatic N) is 4. The van der Waals surface area contributed by atoms with Crippen molar-refractivity contribution in [1.82, 2.24) is 25.4 Å². The van der Waals surface area contributed by atoms with E-state index in [1.54, 1.807) is 6.33 Å². The van der Waals surface area contributed by atoms with Crippen LogP contribution in [-0.4, -0.2) is 48.5 Å². The van der Waals surface area contributed by atoms with E-state index in [0.29, 0.717) is 36.7 Å². The second-order valence-electron chi connectivity index (χ2n) is 6.40. The molecular formula is C18H27FN6O2S. The average molecular weight is 411 g/mol. The lowest BCUT2D eigenvalue weighted by molar-refractivity contribution is 0.600. The quantitative estimate of drug-likeness (QED) is 0.477. The summed E-state index contributed by atoms with van der Waals surface area (Å²) in [5.41, 5.74) is 1.11. The Kier molecular flexibility index (Phi) is 7.91. The Morgan fingerprint density at radius 3 is 2.71 bits per heavy atom. The monoisotopic (exact) mass is 410 g/mol. The maximum absolute atomic E-state index is 13.6. The lowest BCUT2D eigenvalue weighted by Crippen LogP contribution is -2.39. The van der Waals surface area contributed by atoms with Crippen molar-refractivity contribution in [1.29, 1.82) is 0 Å². The van der Waals surface area contributed by atoms with Gasteiger partial charge in [0.05, 0.1) is 12.3 Å². The molecule has 154 valence electrons. The first kappa shape index (κ1) is 21.8. The highest BCUT2D eigenvalue weighted by Crippen LogP contribution is 2.15. The topological polar surface area (TPSA) is 101 Å². The molecule has 0 spiro atoms. The Bertz CT molecular complexity index is 911. The molecule has 0 aliphatic carbocycles. The molecule has 0 bridgehead atoms. The second-order valence-corrected chi connectivity index (χ2v) is 8.54. The number of hydrogen-bond acceptors (Lipinski definition) is 5. The molecule has 0 unspecified atom stereocenters. The van der Waals surface area contributed by atoms with Gasteiger partial charge in [0, 0.05) is 32.3 Å². The Labute approximate surface area is 165 Å². The van der Waals surface area contributed by atoms with E-state index in [-0.39, 0.29) is 12.3 Å². The molecule has 1 aromatic carbocycles. The van der Waals surface area contributed by atoms with E-state index < -0.39 is 15.7 Å². The van der Waals surface area contributed by atoms with Crippen molar-refractivity contribution in [2.45, 2.75) is 39.1 Å². The summed E-state index contributed by atoms with van der Waals surface area (Å²) in [5, 5.41) is 14.3. The van der Waals surface area contributed by atoms with Gasteiger partial charge < -0.3 is 15.2 Å². The van der Waals surface area contributed by atoms with E-state index in [9.17, 15) is 12.8 Å². The third kappa shape index (κ3) is 6.91. The molecule has 10 heteroatoms. The van der Waals surface area contributed by atoms with Gasteiger partial charge in [-0.05, 0) is 30.2 Å². The molecule has 28 heavy (non-hydrogen) atoms. The molecule has 0 saturated carbocycles. The molecule has 1 heterocycles. The van der Waals surface area contributed by atoms with Crippen LogP contribution in [-0.2, 0) is 35.1 Å². The molecule has 0 radical (unpaired) electrons. The van der Waals surface area contributed by atoms with Crippen molar-refractivity contribution >= 4 is 15.8 Å². The summed E-state index contributed by atoms with van der Waals surface area (Å²) in [5.74, 6) is 0.924. The van der Waals surface area contributed by atoms with Gasteiger partial charge in [0.2, 0.25) is 0 Å². The van der Waals surface area contributed by atoms with E-state index in [4.69, 9.17) is 0 Å². The van der Waals surface area contributed by atoms with E-state index in [1.165, 1.54) is 18.2 Å². The van der Waals surface area contributed by atoms with Gasteiger partial charge >= 0.3 is 0 Å². The number of halogens is 1. The zero-order chi connectivity index (χ0) is 20.6. The Hall–Kier alpha value is -2.49. The summed E-state index contributed by atoms with van der Waals surface area (Å²) >= 11 is 0. The predicted molar refractivity (Wildman–Crippen MR) is 107 cm³/mol. The van der Waals surface area contributed by atoms with Gasteiger partial charge in [-0.2, -0.15) is 0 Å². The fraction of sp³-hybridized carbons (Fsp3) is 0.500. The Morgan fingerprint density at radius 1 is 1.25 bits per heavy atom. The van der Waals surface area contributed by atoms with Gasteiger partial charge in [-0.3, -0.25) is 0 Å². The summed E-state index contributed by atoms with van der Waals surface area (Å²) in [6.45, 7) is 6.09. The molecular weight excluding hydrogens is 383 g/mol. The Balaban J connectivity index is 2.06. The van der Waals surface area contributed by atoms with Crippen molar-refractivity contribution in [2.75, 3.05) is 19.3 Å². The number of aromatic nitrogens is 3. The summed E-state index contributed by atoms with van der Waals surface area (Å²) in [4.78, 5) is 4.47. The van der Waals surface area contributed by atoms with Gasteiger partial charge in [0.25, 0.3) is 0 Å². The van der Waals surface area contributed by atoms with Gasteiger partial charge in [0.15, 0.2) is 15.8 Å². The van der Waals surface area contributed by atoms with Crippen LogP contribution in [0, 0.1) is 5.82 Å². The maximum Gasteiger partial charge on any atom is 0.191 e. The maximum atomic E-state index is 13.6. The molecule has 2 aromatic rings. The van der Waals surface area contributed by atoms with Crippen molar-refractivity contribution in [3.8, 4) is 0 Å². The van der Waals surface area contributed by atoms with Crippen LogP contribution in [0.4, 0.5) is 4.39 Å². The summed E-state index contributed by atoms with van der Waals surface area (Å²) in [6.07, 6.45) is 3.65. The molecule has 8 nitrogen and oxygen atoms in total.